The topological polar surface area (TPSA) is 95.6 Å². The number of hydrogen-bond donors (Lipinski definition) is 4. The van der Waals surface area contributed by atoms with E-state index in [1.165, 1.54) is 12.1 Å². The third kappa shape index (κ3) is 3.23. The zero-order valence-corrected chi connectivity index (χ0v) is 8.18. The highest BCUT2D eigenvalue weighted by atomic mass is 16.4. The maximum absolute atomic E-state index is 10.9. The van der Waals surface area contributed by atoms with E-state index in [0.29, 0.717) is 18.7 Å². The fraction of sp³-hybridized carbons (Fsp3) is 0.300. The van der Waals surface area contributed by atoms with Gasteiger partial charge in [0, 0.05) is 13.1 Å². The molecule has 5 heteroatoms. The molecule has 15 heavy (non-hydrogen) atoms. The van der Waals surface area contributed by atoms with Crippen LogP contribution in [-0.2, 0) is 4.79 Å². The van der Waals surface area contributed by atoms with Crippen LogP contribution in [-0.4, -0.2) is 29.3 Å². The van der Waals surface area contributed by atoms with Crippen LogP contribution in [0.5, 0.6) is 5.75 Å². The van der Waals surface area contributed by atoms with Crippen molar-refractivity contribution in [1.82, 2.24) is 5.32 Å². The molecule has 1 atom stereocenters. The van der Waals surface area contributed by atoms with Crippen molar-refractivity contribution in [3.63, 3.8) is 0 Å². The van der Waals surface area contributed by atoms with Crippen molar-refractivity contribution in [2.45, 2.75) is 6.04 Å². The molecule has 1 aromatic rings. The monoisotopic (exact) mass is 210 g/mol. The third-order valence-electron chi connectivity index (χ3n) is 1.97. The normalized spacial score (nSPS) is 12.3. The fourth-order valence-corrected chi connectivity index (χ4v) is 1.24. The molecule has 0 saturated heterocycles. The summed E-state index contributed by atoms with van der Waals surface area (Å²) >= 11 is 0. The number of rotatable bonds is 5. The van der Waals surface area contributed by atoms with Gasteiger partial charge in [-0.1, -0.05) is 12.1 Å². The molecule has 0 bridgehead atoms. The molecule has 0 fully saturated rings. The smallest absolute Gasteiger partial charge is 0.325 e. The lowest BCUT2D eigenvalue weighted by Gasteiger charge is -2.13. The van der Waals surface area contributed by atoms with Crippen LogP contribution in [0.3, 0.4) is 0 Å². The molecule has 5 nitrogen and oxygen atoms in total. The molecule has 0 amide bonds. The van der Waals surface area contributed by atoms with E-state index < -0.39 is 12.0 Å². The van der Waals surface area contributed by atoms with Gasteiger partial charge in [-0.15, -0.1) is 0 Å². The molecule has 0 aliphatic rings. The predicted molar refractivity (Wildman–Crippen MR) is 55.5 cm³/mol. The van der Waals surface area contributed by atoms with E-state index in [1.54, 1.807) is 12.1 Å². The van der Waals surface area contributed by atoms with E-state index in [0.717, 1.165) is 0 Å². The Morgan fingerprint density at radius 2 is 2.00 bits per heavy atom. The van der Waals surface area contributed by atoms with Gasteiger partial charge in [0.25, 0.3) is 0 Å². The zero-order valence-electron chi connectivity index (χ0n) is 8.18. The first-order valence-electron chi connectivity index (χ1n) is 4.60. The van der Waals surface area contributed by atoms with Gasteiger partial charge in [-0.3, -0.25) is 10.1 Å². The summed E-state index contributed by atoms with van der Waals surface area (Å²) in [5.74, 6) is -0.851. The average Bonchev–Trinajstić information content (AvgIpc) is 2.21. The van der Waals surface area contributed by atoms with E-state index in [-0.39, 0.29) is 5.75 Å². The van der Waals surface area contributed by atoms with Crippen LogP contribution < -0.4 is 11.1 Å². The highest BCUT2D eigenvalue weighted by Crippen LogP contribution is 2.16. The van der Waals surface area contributed by atoms with Crippen LogP contribution in [0.2, 0.25) is 0 Å². The van der Waals surface area contributed by atoms with E-state index in [4.69, 9.17) is 15.9 Å². The molecule has 0 spiro atoms. The number of carboxylic acids is 1. The minimum atomic E-state index is -0.964. The lowest BCUT2D eigenvalue weighted by Crippen LogP contribution is -2.32. The summed E-state index contributed by atoms with van der Waals surface area (Å²) in [4.78, 5) is 10.9. The molecule has 1 rings (SSSR count). The molecule has 1 unspecified atom stereocenters. The quantitative estimate of drug-likeness (QED) is 0.551. The molecule has 1 aromatic carbocycles. The van der Waals surface area contributed by atoms with Gasteiger partial charge < -0.3 is 15.9 Å². The Labute approximate surface area is 87.5 Å². The molecular weight excluding hydrogens is 196 g/mol. The fourth-order valence-electron chi connectivity index (χ4n) is 1.24. The standard InChI is InChI=1S/C10H14N2O3/c11-5-6-12-9(10(14)15)7-1-3-8(13)4-2-7/h1-4,9,12-13H,5-6,11H2,(H,14,15). The van der Waals surface area contributed by atoms with Crippen LogP contribution in [0.4, 0.5) is 0 Å². The minimum absolute atomic E-state index is 0.113. The Morgan fingerprint density at radius 3 is 2.47 bits per heavy atom. The minimum Gasteiger partial charge on any atom is -0.508 e. The van der Waals surface area contributed by atoms with Crippen molar-refractivity contribution in [2.75, 3.05) is 13.1 Å². The predicted octanol–water partition coefficient (Wildman–Crippen LogP) is 0.0662. The van der Waals surface area contributed by atoms with Crippen LogP contribution in [0.25, 0.3) is 0 Å². The van der Waals surface area contributed by atoms with Gasteiger partial charge in [0.1, 0.15) is 11.8 Å². The van der Waals surface area contributed by atoms with Crippen LogP contribution in [0.15, 0.2) is 24.3 Å². The number of aliphatic carboxylic acids is 1. The van der Waals surface area contributed by atoms with Gasteiger partial charge in [0.05, 0.1) is 0 Å². The second-order valence-electron chi connectivity index (χ2n) is 3.11. The lowest BCUT2D eigenvalue weighted by atomic mass is 10.1. The van der Waals surface area contributed by atoms with E-state index in [1.807, 2.05) is 0 Å². The van der Waals surface area contributed by atoms with E-state index >= 15 is 0 Å². The summed E-state index contributed by atoms with van der Waals surface area (Å²) in [6.07, 6.45) is 0. The largest absolute Gasteiger partial charge is 0.508 e. The second kappa shape index (κ2) is 5.33. The van der Waals surface area contributed by atoms with Crippen molar-refractivity contribution < 1.29 is 15.0 Å². The van der Waals surface area contributed by atoms with E-state index in [9.17, 15) is 4.79 Å². The molecule has 5 N–H and O–H groups in total. The Balaban J connectivity index is 2.79. The molecule has 0 aromatic heterocycles. The summed E-state index contributed by atoms with van der Waals surface area (Å²) in [5, 5.41) is 20.8. The zero-order chi connectivity index (χ0) is 11.3. The number of benzene rings is 1. The molecule has 82 valence electrons. The number of phenols is 1. The first-order chi connectivity index (χ1) is 7.15. The number of phenolic OH excluding ortho intramolecular Hbond substituents is 1. The first kappa shape index (κ1) is 11.5. The van der Waals surface area contributed by atoms with Gasteiger partial charge in [0.15, 0.2) is 0 Å². The molecular formula is C10H14N2O3. The van der Waals surface area contributed by atoms with Crippen LogP contribution in [0.1, 0.15) is 11.6 Å². The maximum Gasteiger partial charge on any atom is 0.325 e. The second-order valence-corrected chi connectivity index (χ2v) is 3.11. The molecule has 0 saturated carbocycles. The number of carbonyl (C=O) groups is 1. The van der Waals surface area contributed by atoms with Crippen molar-refractivity contribution in [1.29, 1.82) is 0 Å². The molecule has 0 heterocycles. The summed E-state index contributed by atoms with van der Waals surface area (Å²) in [7, 11) is 0. The lowest BCUT2D eigenvalue weighted by molar-refractivity contribution is -0.139. The van der Waals surface area contributed by atoms with Gasteiger partial charge in [0.2, 0.25) is 0 Å². The summed E-state index contributed by atoms with van der Waals surface area (Å²) in [6, 6.07) is 5.26. The Kier molecular flexibility index (Phi) is 4.08. The average molecular weight is 210 g/mol. The Bertz CT molecular complexity index is 324. The SMILES string of the molecule is NCCNC(C(=O)O)c1ccc(O)cc1. The molecule has 0 radical (unpaired) electrons. The van der Waals surface area contributed by atoms with Crippen molar-refractivity contribution >= 4 is 5.97 Å². The highest BCUT2D eigenvalue weighted by Gasteiger charge is 2.18. The highest BCUT2D eigenvalue weighted by molar-refractivity contribution is 5.75. The molecule has 0 aliphatic carbocycles. The third-order valence-corrected chi connectivity index (χ3v) is 1.97. The summed E-state index contributed by atoms with van der Waals surface area (Å²) in [5.41, 5.74) is 5.88. The Hall–Kier alpha value is -1.59. The first-order valence-corrected chi connectivity index (χ1v) is 4.60. The van der Waals surface area contributed by atoms with Crippen molar-refractivity contribution in [3.05, 3.63) is 29.8 Å². The number of carboxylic acid groups (broad SMARTS) is 1. The van der Waals surface area contributed by atoms with Crippen molar-refractivity contribution in [2.24, 2.45) is 5.73 Å². The number of hydrogen-bond acceptors (Lipinski definition) is 4. The van der Waals surface area contributed by atoms with Gasteiger partial charge >= 0.3 is 5.97 Å². The van der Waals surface area contributed by atoms with Crippen molar-refractivity contribution in [3.8, 4) is 5.75 Å². The van der Waals surface area contributed by atoms with Gasteiger partial charge in [-0.2, -0.15) is 0 Å². The van der Waals surface area contributed by atoms with Gasteiger partial charge in [-0.05, 0) is 17.7 Å². The van der Waals surface area contributed by atoms with Gasteiger partial charge in [-0.25, -0.2) is 0 Å². The van der Waals surface area contributed by atoms with Crippen LogP contribution in [0, 0.1) is 0 Å². The summed E-state index contributed by atoms with van der Waals surface area (Å²) in [6.45, 7) is 0.805. The van der Waals surface area contributed by atoms with E-state index in [2.05, 4.69) is 5.32 Å². The Morgan fingerprint density at radius 1 is 1.40 bits per heavy atom. The number of nitrogens with one attached hydrogen (secondary N) is 1. The maximum atomic E-state index is 10.9. The summed E-state index contributed by atoms with van der Waals surface area (Å²) < 4.78 is 0. The van der Waals surface area contributed by atoms with Crippen LogP contribution >= 0.6 is 0 Å². The number of aromatic hydroxyl groups is 1. The molecule has 0 aliphatic heterocycles. The number of nitrogens with two attached hydrogens (primary N) is 1.